The average molecular weight is 307 g/mol. The highest BCUT2D eigenvalue weighted by molar-refractivity contribution is 7.10. The van der Waals surface area contributed by atoms with Gasteiger partial charge in [-0.1, -0.05) is 11.6 Å². The van der Waals surface area contributed by atoms with Crippen LogP contribution >= 0.6 is 35.3 Å². The zero-order valence-corrected chi connectivity index (χ0v) is 13.0. The summed E-state index contributed by atoms with van der Waals surface area (Å²) >= 11 is 7.74. The van der Waals surface area contributed by atoms with E-state index in [4.69, 9.17) is 11.6 Å². The normalized spacial score (nSPS) is 30.5. The Morgan fingerprint density at radius 1 is 1.39 bits per heavy atom. The molecule has 2 saturated heterocycles. The van der Waals surface area contributed by atoms with Crippen molar-refractivity contribution < 1.29 is 0 Å². The summed E-state index contributed by atoms with van der Waals surface area (Å²) in [5.74, 6) is 0. The number of thiophene rings is 1. The zero-order valence-electron chi connectivity index (χ0n) is 10.6. The first-order chi connectivity index (χ1) is 8.20. The van der Waals surface area contributed by atoms with Gasteiger partial charge in [-0.15, -0.1) is 23.7 Å². The quantitative estimate of drug-likeness (QED) is 0.919. The maximum Gasteiger partial charge on any atom is 0.0516 e. The van der Waals surface area contributed by atoms with Crippen molar-refractivity contribution in [3.8, 4) is 0 Å². The molecule has 2 atom stereocenters. The molecule has 0 spiro atoms. The maximum atomic E-state index is 5.97. The van der Waals surface area contributed by atoms with E-state index in [9.17, 15) is 0 Å². The lowest BCUT2D eigenvalue weighted by molar-refractivity contribution is 0.167. The molecule has 18 heavy (non-hydrogen) atoms. The van der Waals surface area contributed by atoms with Crippen LogP contribution in [0, 0.1) is 0 Å². The van der Waals surface area contributed by atoms with Gasteiger partial charge in [0.2, 0.25) is 0 Å². The summed E-state index contributed by atoms with van der Waals surface area (Å²) in [5.41, 5.74) is 0. The van der Waals surface area contributed by atoms with Crippen molar-refractivity contribution in [2.24, 2.45) is 0 Å². The number of piperidine rings is 1. The minimum absolute atomic E-state index is 0. The SMILES string of the molecule is CN(Cc1cc(Cl)cs1)C1CC2CCC(C1)N2.Cl. The minimum atomic E-state index is 0. The van der Waals surface area contributed by atoms with E-state index in [0.29, 0.717) is 0 Å². The van der Waals surface area contributed by atoms with E-state index in [1.807, 2.05) is 5.38 Å². The smallest absolute Gasteiger partial charge is 0.0516 e. The third-order valence-corrected chi connectivity index (χ3v) is 5.37. The molecule has 1 N–H and O–H groups in total. The molecular formula is C13H20Cl2N2S. The molecule has 2 aliphatic heterocycles. The molecule has 102 valence electrons. The van der Waals surface area contributed by atoms with Gasteiger partial charge >= 0.3 is 0 Å². The van der Waals surface area contributed by atoms with E-state index < -0.39 is 0 Å². The van der Waals surface area contributed by atoms with Gasteiger partial charge in [-0.2, -0.15) is 0 Å². The second-order valence-corrected chi connectivity index (χ2v) is 6.84. The van der Waals surface area contributed by atoms with Crippen molar-refractivity contribution in [2.75, 3.05) is 7.05 Å². The van der Waals surface area contributed by atoms with Gasteiger partial charge in [0, 0.05) is 34.9 Å². The van der Waals surface area contributed by atoms with Crippen molar-refractivity contribution >= 4 is 35.3 Å². The molecule has 2 aliphatic rings. The lowest BCUT2D eigenvalue weighted by Crippen LogP contribution is -2.46. The summed E-state index contributed by atoms with van der Waals surface area (Å²) in [6.45, 7) is 1.04. The summed E-state index contributed by atoms with van der Waals surface area (Å²) in [5, 5.41) is 6.60. The molecule has 0 saturated carbocycles. The second-order valence-electron chi connectivity index (χ2n) is 5.41. The van der Waals surface area contributed by atoms with Crippen LogP contribution in [0.3, 0.4) is 0 Å². The number of halogens is 2. The van der Waals surface area contributed by atoms with Crippen molar-refractivity contribution in [3.05, 3.63) is 21.3 Å². The number of fused-ring (bicyclic) bond motifs is 2. The topological polar surface area (TPSA) is 15.3 Å². The van der Waals surface area contributed by atoms with Crippen LogP contribution < -0.4 is 5.32 Å². The van der Waals surface area contributed by atoms with Gasteiger partial charge in [-0.25, -0.2) is 0 Å². The Morgan fingerprint density at radius 3 is 2.61 bits per heavy atom. The molecule has 0 aromatic carbocycles. The zero-order chi connectivity index (χ0) is 11.8. The van der Waals surface area contributed by atoms with Crippen LogP contribution in [0.15, 0.2) is 11.4 Å². The molecule has 2 fully saturated rings. The molecule has 2 unspecified atom stereocenters. The molecule has 2 bridgehead atoms. The first-order valence-electron chi connectivity index (χ1n) is 6.40. The Hall–Kier alpha value is 0.200. The van der Waals surface area contributed by atoms with Gasteiger partial charge in [0.15, 0.2) is 0 Å². The van der Waals surface area contributed by atoms with Gasteiger partial charge in [0.25, 0.3) is 0 Å². The molecule has 0 radical (unpaired) electrons. The lowest BCUT2D eigenvalue weighted by atomic mass is 9.98. The monoisotopic (exact) mass is 306 g/mol. The largest absolute Gasteiger partial charge is 0.311 e. The van der Waals surface area contributed by atoms with Crippen LogP contribution in [0.2, 0.25) is 5.02 Å². The predicted molar refractivity (Wildman–Crippen MR) is 81.0 cm³/mol. The number of hydrogen-bond acceptors (Lipinski definition) is 3. The number of hydrogen-bond donors (Lipinski definition) is 1. The third kappa shape index (κ3) is 3.20. The summed E-state index contributed by atoms with van der Waals surface area (Å²) < 4.78 is 0. The summed E-state index contributed by atoms with van der Waals surface area (Å²) in [7, 11) is 2.25. The number of nitrogens with one attached hydrogen (secondary N) is 1. The summed E-state index contributed by atoms with van der Waals surface area (Å²) in [6, 6.07) is 4.38. The van der Waals surface area contributed by atoms with Gasteiger partial charge in [0.1, 0.15) is 0 Å². The van der Waals surface area contributed by atoms with Crippen molar-refractivity contribution in [2.45, 2.75) is 50.4 Å². The minimum Gasteiger partial charge on any atom is -0.311 e. The number of rotatable bonds is 3. The van der Waals surface area contributed by atoms with Crippen LogP contribution in [-0.4, -0.2) is 30.1 Å². The first kappa shape index (κ1) is 14.6. The standard InChI is InChI=1S/C13H19ClN2S.ClH/c1-16(7-13-4-9(14)8-17-13)12-5-10-2-3-11(6-12)15-10;/h4,8,10-12,15H,2-3,5-7H2,1H3;1H. The Labute approximate surface area is 124 Å². The predicted octanol–water partition coefficient (Wildman–Crippen LogP) is 3.54. The highest BCUT2D eigenvalue weighted by Gasteiger charge is 2.34. The fraction of sp³-hybridized carbons (Fsp3) is 0.692. The van der Waals surface area contributed by atoms with Crippen LogP contribution in [0.1, 0.15) is 30.6 Å². The van der Waals surface area contributed by atoms with Gasteiger partial charge in [0.05, 0.1) is 5.02 Å². The Balaban J connectivity index is 0.00000120. The highest BCUT2D eigenvalue weighted by Crippen LogP contribution is 2.30. The van der Waals surface area contributed by atoms with Crippen molar-refractivity contribution in [1.29, 1.82) is 0 Å². The lowest BCUT2D eigenvalue weighted by Gasteiger charge is -2.35. The third-order valence-electron chi connectivity index (χ3n) is 4.10. The fourth-order valence-corrected chi connectivity index (χ4v) is 4.33. The van der Waals surface area contributed by atoms with Crippen LogP contribution in [-0.2, 0) is 6.54 Å². The Kier molecular flexibility index (Phi) is 4.95. The van der Waals surface area contributed by atoms with Gasteiger partial charge < -0.3 is 5.32 Å². The summed E-state index contributed by atoms with van der Waals surface area (Å²) in [6.07, 6.45) is 5.37. The Bertz CT molecular complexity index is 384. The molecule has 1 aromatic rings. The Morgan fingerprint density at radius 2 is 2.06 bits per heavy atom. The summed E-state index contributed by atoms with van der Waals surface area (Å²) in [4.78, 5) is 3.89. The molecular weight excluding hydrogens is 287 g/mol. The van der Waals surface area contributed by atoms with Crippen molar-refractivity contribution in [3.63, 3.8) is 0 Å². The van der Waals surface area contributed by atoms with Gasteiger partial charge in [-0.3, -0.25) is 4.90 Å². The highest BCUT2D eigenvalue weighted by atomic mass is 35.5. The van der Waals surface area contributed by atoms with Gasteiger partial charge in [-0.05, 0) is 38.8 Å². The first-order valence-corrected chi connectivity index (χ1v) is 7.65. The van der Waals surface area contributed by atoms with E-state index in [1.165, 1.54) is 30.6 Å². The molecule has 2 nitrogen and oxygen atoms in total. The molecule has 3 heterocycles. The van der Waals surface area contributed by atoms with E-state index in [1.54, 1.807) is 11.3 Å². The van der Waals surface area contributed by atoms with Crippen LogP contribution in [0.5, 0.6) is 0 Å². The molecule has 5 heteroatoms. The van der Waals surface area contributed by atoms with E-state index in [0.717, 1.165) is 29.7 Å². The van der Waals surface area contributed by atoms with Crippen molar-refractivity contribution in [1.82, 2.24) is 10.2 Å². The van der Waals surface area contributed by atoms with Crippen LogP contribution in [0.25, 0.3) is 0 Å². The molecule has 0 aliphatic carbocycles. The second kappa shape index (κ2) is 6.10. The molecule has 0 amide bonds. The van der Waals surface area contributed by atoms with E-state index in [2.05, 4.69) is 23.3 Å². The molecule has 3 rings (SSSR count). The molecule has 1 aromatic heterocycles. The number of nitrogens with zero attached hydrogens (tertiary/aromatic N) is 1. The fourth-order valence-electron chi connectivity index (χ4n) is 3.20. The van der Waals surface area contributed by atoms with Crippen LogP contribution in [0.4, 0.5) is 0 Å². The van der Waals surface area contributed by atoms with E-state index in [-0.39, 0.29) is 12.4 Å². The average Bonchev–Trinajstić information content (AvgIpc) is 2.85. The van der Waals surface area contributed by atoms with E-state index >= 15 is 0 Å². The maximum absolute atomic E-state index is 5.97.